The molecule has 1 heterocycles. The number of carbonyl (C=O) groups is 1. The topological polar surface area (TPSA) is 20.3 Å². The van der Waals surface area contributed by atoms with E-state index in [0.29, 0.717) is 5.56 Å². The number of hydrogen-bond donors (Lipinski definition) is 0. The molecule has 0 aliphatic carbocycles. The summed E-state index contributed by atoms with van der Waals surface area (Å²) in [4.78, 5) is 14.4. The lowest BCUT2D eigenvalue weighted by molar-refractivity contribution is 0.0809. The fourth-order valence-electron chi connectivity index (χ4n) is 2.33. The molecule has 1 saturated heterocycles. The number of ketones is 1. The largest absolute Gasteiger partial charge is 0.294 e. The maximum atomic E-state index is 12.8. The van der Waals surface area contributed by atoms with Gasteiger partial charge in [-0.3, -0.25) is 9.69 Å². The smallest absolute Gasteiger partial charge is 0.179 e. The van der Waals surface area contributed by atoms with Crippen LogP contribution in [0.25, 0.3) is 0 Å². The van der Waals surface area contributed by atoms with E-state index >= 15 is 0 Å². The molecule has 0 radical (unpaired) electrons. The van der Waals surface area contributed by atoms with Gasteiger partial charge in [-0.05, 0) is 57.1 Å². The van der Waals surface area contributed by atoms with Crippen molar-refractivity contribution in [3.63, 3.8) is 0 Å². The molecule has 1 aromatic rings. The summed E-state index contributed by atoms with van der Waals surface area (Å²) < 4.78 is 12.8. The van der Waals surface area contributed by atoms with E-state index < -0.39 is 0 Å². The summed E-state index contributed by atoms with van der Waals surface area (Å²) in [5.74, 6) is -0.209. The van der Waals surface area contributed by atoms with Crippen LogP contribution in [0.3, 0.4) is 0 Å². The second kappa shape index (κ2) is 5.41. The number of hydrogen-bond acceptors (Lipinski definition) is 2. The minimum atomic E-state index is -0.299. The molecule has 17 heavy (non-hydrogen) atoms. The zero-order valence-corrected chi connectivity index (χ0v) is 10.2. The van der Waals surface area contributed by atoms with Gasteiger partial charge in [0.15, 0.2) is 5.78 Å². The van der Waals surface area contributed by atoms with E-state index in [-0.39, 0.29) is 17.6 Å². The maximum Gasteiger partial charge on any atom is 0.179 e. The minimum absolute atomic E-state index is 0.0897. The molecule has 0 spiro atoms. The zero-order chi connectivity index (χ0) is 12.3. The van der Waals surface area contributed by atoms with E-state index in [2.05, 4.69) is 4.90 Å². The van der Waals surface area contributed by atoms with Crippen molar-refractivity contribution in [3.8, 4) is 0 Å². The second-order valence-electron chi connectivity index (χ2n) is 4.64. The Bertz CT molecular complexity index is 382. The fraction of sp³-hybridized carbons (Fsp3) is 0.500. The van der Waals surface area contributed by atoms with E-state index in [1.54, 1.807) is 12.1 Å². The standard InChI is InChI=1S/C14H18FNO/c1-11(16-9-3-2-4-10-16)14(17)12-5-7-13(15)8-6-12/h5-8,11H,2-4,9-10H2,1H3/t11-/m1/s1. The monoisotopic (exact) mass is 235 g/mol. The van der Waals surface area contributed by atoms with Gasteiger partial charge in [0.2, 0.25) is 0 Å². The van der Waals surface area contributed by atoms with Gasteiger partial charge in [0.25, 0.3) is 0 Å². The Hall–Kier alpha value is -1.22. The average Bonchev–Trinajstić information content (AvgIpc) is 2.39. The first-order valence-corrected chi connectivity index (χ1v) is 6.22. The Kier molecular flexibility index (Phi) is 3.89. The van der Waals surface area contributed by atoms with Gasteiger partial charge in [0, 0.05) is 5.56 Å². The Morgan fingerprint density at radius 3 is 2.35 bits per heavy atom. The van der Waals surface area contributed by atoms with Gasteiger partial charge < -0.3 is 0 Å². The summed E-state index contributed by atoms with van der Waals surface area (Å²) in [5.41, 5.74) is 0.601. The van der Waals surface area contributed by atoms with Crippen molar-refractivity contribution in [3.05, 3.63) is 35.6 Å². The van der Waals surface area contributed by atoms with Crippen LogP contribution in [-0.2, 0) is 0 Å². The molecule has 1 aliphatic heterocycles. The highest BCUT2D eigenvalue weighted by Crippen LogP contribution is 2.15. The van der Waals surface area contributed by atoms with Crippen LogP contribution in [0.5, 0.6) is 0 Å². The Morgan fingerprint density at radius 2 is 1.76 bits per heavy atom. The predicted octanol–water partition coefficient (Wildman–Crippen LogP) is 2.88. The van der Waals surface area contributed by atoms with Gasteiger partial charge in [-0.15, -0.1) is 0 Å². The highest BCUT2D eigenvalue weighted by molar-refractivity contribution is 5.99. The van der Waals surface area contributed by atoms with Crippen molar-refractivity contribution in [2.45, 2.75) is 32.2 Å². The van der Waals surface area contributed by atoms with Crippen molar-refractivity contribution >= 4 is 5.78 Å². The molecule has 1 aromatic carbocycles. The maximum absolute atomic E-state index is 12.8. The summed E-state index contributed by atoms with van der Waals surface area (Å²) in [6.45, 7) is 3.93. The van der Waals surface area contributed by atoms with Crippen LogP contribution in [0.1, 0.15) is 36.5 Å². The van der Waals surface area contributed by atoms with Crippen LogP contribution in [0.2, 0.25) is 0 Å². The van der Waals surface area contributed by atoms with Crippen molar-refractivity contribution in [2.75, 3.05) is 13.1 Å². The van der Waals surface area contributed by atoms with E-state index in [0.717, 1.165) is 13.1 Å². The zero-order valence-electron chi connectivity index (χ0n) is 10.2. The molecule has 0 aromatic heterocycles. The molecule has 2 nitrogen and oxygen atoms in total. The van der Waals surface area contributed by atoms with Gasteiger partial charge in [0.1, 0.15) is 5.82 Å². The van der Waals surface area contributed by atoms with E-state index in [4.69, 9.17) is 0 Å². The predicted molar refractivity (Wildman–Crippen MR) is 65.6 cm³/mol. The number of carbonyl (C=O) groups excluding carboxylic acids is 1. The number of benzene rings is 1. The number of halogens is 1. The molecule has 0 bridgehead atoms. The molecule has 0 unspecified atom stereocenters. The summed E-state index contributed by atoms with van der Waals surface area (Å²) in [7, 11) is 0. The summed E-state index contributed by atoms with van der Waals surface area (Å²) in [6, 6.07) is 5.73. The number of piperidine rings is 1. The lowest BCUT2D eigenvalue weighted by atomic mass is 10.0. The van der Waals surface area contributed by atoms with Gasteiger partial charge in [-0.2, -0.15) is 0 Å². The van der Waals surface area contributed by atoms with E-state index in [1.807, 2.05) is 6.92 Å². The molecule has 1 atom stereocenters. The van der Waals surface area contributed by atoms with Crippen LogP contribution >= 0.6 is 0 Å². The van der Waals surface area contributed by atoms with Crippen LogP contribution in [0.4, 0.5) is 4.39 Å². The van der Waals surface area contributed by atoms with Crippen molar-refractivity contribution < 1.29 is 9.18 Å². The third-order valence-electron chi connectivity index (χ3n) is 3.45. The van der Waals surface area contributed by atoms with E-state index in [1.165, 1.54) is 31.4 Å². The number of Topliss-reactive ketones (excluding diaryl/α,β-unsaturated/α-hetero) is 1. The van der Waals surface area contributed by atoms with Gasteiger partial charge >= 0.3 is 0 Å². The second-order valence-corrected chi connectivity index (χ2v) is 4.64. The van der Waals surface area contributed by atoms with Crippen LogP contribution in [0.15, 0.2) is 24.3 Å². The summed E-state index contributed by atoms with van der Waals surface area (Å²) in [5, 5.41) is 0. The summed E-state index contributed by atoms with van der Waals surface area (Å²) in [6.07, 6.45) is 3.59. The first-order valence-electron chi connectivity index (χ1n) is 6.22. The molecular formula is C14H18FNO. The van der Waals surface area contributed by atoms with Gasteiger partial charge in [-0.25, -0.2) is 4.39 Å². The first-order chi connectivity index (χ1) is 8.18. The minimum Gasteiger partial charge on any atom is -0.294 e. The Balaban J connectivity index is 2.05. The average molecular weight is 235 g/mol. The first kappa shape index (κ1) is 12.2. The van der Waals surface area contributed by atoms with Crippen LogP contribution in [0, 0.1) is 5.82 Å². The third kappa shape index (κ3) is 2.91. The molecule has 0 amide bonds. The fourth-order valence-corrected chi connectivity index (χ4v) is 2.33. The van der Waals surface area contributed by atoms with Crippen LogP contribution in [-0.4, -0.2) is 29.8 Å². The van der Waals surface area contributed by atoms with Crippen molar-refractivity contribution in [1.29, 1.82) is 0 Å². The van der Waals surface area contributed by atoms with Crippen molar-refractivity contribution in [2.24, 2.45) is 0 Å². The lowest BCUT2D eigenvalue weighted by Gasteiger charge is -2.31. The Labute approximate surface area is 101 Å². The van der Waals surface area contributed by atoms with Crippen molar-refractivity contribution in [1.82, 2.24) is 4.90 Å². The van der Waals surface area contributed by atoms with Crippen LogP contribution < -0.4 is 0 Å². The Morgan fingerprint density at radius 1 is 1.18 bits per heavy atom. The molecule has 3 heteroatoms. The molecule has 1 fully saturated rings. The van der Waals surface area contributed by atoms with Gasteiger partial charge in [-0.1, -0.05) is 6.42 Å². The normalized spacial score (nSPS) is 18.9. The SMILES string of the molecule is C[C@H](C(=O)c1ccc(F)cc1)N1CCCCC1. The quantitative estimate of drug-likeness (QED) is 0.751. The molecule has 0 saturated carbocycles. The summed E-state index contributed by atoms with van der Waals surface area (Å²) >= 11 is 0. The third-order valence-corrected chi connectivity index (χ3v) is 3.45. The molecule has 92 valence electrons. The lowest BCUT2D eigenvalue weighted by Crippen LogP contribution is -2.42. The molecular weight excluding hydrogens is 217 g/mol. The van der Waals surface area contributed by atoms with Gasteiger partial charge in [0.05, 0.1) is 6.04 Å². The molecule has 0 N–H and O–H groups in total. The number of likely N-dealkylation sites (tertiary alicyclic amines) is 1. The number of nitrogens with zero attached hydrogens (tertiary/aromatic N) is 1. The molecule has 1 aliphatic rings. The highest BCUT2D eigenvalue weighted by atomic mass is 19.1. The highest BCUT2D eigenvalue weighted by Gasteiger charge is 2.23. The van der Waals surface area contributed by atoms with E-state index in [9.17, 15) is 9.18 Å². The molecule has 2 rings (SSSR count). The number of rotatable bonds is 3.